The van der Waals surface area contributed by atoms with E-state index in [-0.39, 0.29) is 46.7 Å². The van der Waals surface area contributed by atoms with Crippen molar-refractivity contribution in [1.29, 1.82) is 0 Å². The first-order valence-electron chi connectivity index (χ1n) is 15.4. The molecule has 4 aliphatic rings. The van der Waals surface area contributed by atoms with Crippen LogP contribution < -0.4 is 16.0 Å². The molecular formula is C32H35Cl2FN6O4. The van der Waals surface area contributed by atoms with E-state index in [1.54, 1.807) is 19.1 Å². The Balaban J connectivity index is 1.30. The highest BCUT2D eigenvalue weighted by Crippen LogP contribution is 2.64. The summed E-state index contributed by atoms with van der Waals surface area (Å²) in [5.74, 6) is -1.46. The minimum atomic E-state index is -1.33. The number of pyridine rings is 1. The Hall–Kier alpha value is -3.12. The molecule has 7 rings (SSSR count). The Morgan fingerprint density at radius 2 is 1.89 bits per heavy atom. The number of nitrogens with one attached hydrogen (secondary N) is 3. The lowest BCUT2D eigenvalue weighted by Gasteiger charge is -2.50. The molecule has 10 nitrogen and oxygen atoms in total. The number of carbonyl (C=O) groups excluding carboxylic acids is 2. The highest BCUT2D eigenvalue weighted by atomic mass is 35.5. The molecule has 2 spiro atoms. The van der Waals surface area contributed by atoms with Crippen molar-refractivity contribution < 1.29 is 23.1 Å². The fourth-order valence-corrected chi connectivity index (χ4v) is 8.46. The van der Waals surface area contributed by atoms with Crippen molar-refractivity contribution in [3.8, 4) is 0 Å². The topological polar surface area (TPSA) is 131 Å². The lowest BCUT2D eigenvalue weighted by Crippen LogP contribution is -2.61. The summed E-state index contributed by atoms with van der Waals surface area (Å²) in [6.07, 6.45) is 5.08. The number of rotatable bonds is 4. The Labute approximate surface area is 270 Å². The quantitative estimate of drug-likeness (QED) is 0.312. The first-order valence-corrected chi connectivity index (χ1v) is 16.1. The van der Waals surface area contributed by atoms with Crippen LogP contribution in [0.1, 0.15) is 87.3 Å². The van der Waals surface area contributed by atoms with Crippen LogP contribution in [0.15, 0.2) is 34.9 Å². The number of aromatic nitrogens is 3. The van der Waals surface area contributed by atoms with Crippen LogP contribution >= 0.6 is 23.2 Å². The zero-order valence-corrected chi connectivity index (χ0v) is 26.8. The number of fused-ring (bicyclic) bond motifs is 3. The van der Waals surface area contributed by atoms with Crippen molar-refractivity contribution in [2.24, 2.45) is 5.41 Å². The molecule has 2 aromatic heterocycles. The molecule has 0 unspecified atom stereocenters. The first-order chi connectivity index (χ1) is 21.4. The summed E-state index contributed by atoms with van der Waals surface area (Å²) in [6, 6.07) is 5.54. The Morgan fingerprint density at radius 3 is 2.58 bits per heavy atom. The van der Waals surface area contributed by atoms with Crippen LogP contribution in [0.25, 0.3) is 0 Å². The van der Waals surface area contributed by atoms with Gasteiger partial charge in [0.2, 0.25) is 23.6 Å². The van der Waals surface area contributed by atoms with E-state index in [0.717, 1.165) is 12.8 Å². The second-order valence-electron chi connectivity index (χ2n) is 13.6. The summed E-state index contributed by atoms with van der Waals surface area (Å²) in [6.45, 7) is 6.37. The van der Waals surface area contributed by atoms with Crippen LogP contribution in [-0.4, -0.2) is 51.2 Å². The van der Waals surface area contributed by atoms with Gasteiger partial charge in [0.05, 0.1) is 18.7 Å². The molecule has 3 aliphatic heterocycles. The van der Waals surface area contributed by atoms with E-state index in [1.807, 2.05) is 6.07 Å². The maximum atomic E-state index is 16.1. The maximum absolute atomic E-state index is 16.1. The monoisotopic (exact) mass is 656 g/mol. The average molecular weight is 658 g/mol. The summed E-state index contributed by atoms with van der Waals surface area (Å²) in [5.41, 5.74) is -0.733. The van der Waals surface area contributed by atoms with Crippen molar-refractivity contribution in [1.82, 2.24) is 25.8 Å². The predicted octanol–water partition coefficient (Wildman–Crippen LogP) is 5.54. The van der Waals surface area contributed by atoms with Gasteiger partial charge in [0, 0.05) is 35.3 Å². The van der Waals surface area contributed by atoms with E-state index >= 15 is 4.39 Å². The van der Waals surface area contributed by atoms with Crippen LogP contribution in [0, 0.1) is 18.2 Å². The predicted molar refractivity (Wildman–Crippen MR) is 165 cm³/mol. The van der Waals surface area contributed by atoms with Crippen LogP contribution in [0.5, 0.6) is 0 Å². The van der Waals surface area contributed by atoms with Crippen LogP contribution in [0.2, 0.25) is 10.2 Å². The molecule has 13 heteroatoms. The molecule has 0 bridgehead atoms. The summed E-state index contributed by atoms with van der Waals surface area (Å²) < 4.78 is 27.6. The average Bonchev–Trinajstić information content (AvgIpc) is 3.65. The molecule has 2 amide bonds. The molecule has 0 radical (unpaired) electrons. The molecule has 1 aromatic carbocycles. The van der Waals surface area contributed by atoms with Gasteiger partial charge in [-0.15, -0.1) is 10.2 Å². The third kappa shape index (κ3) is 4.85. The van der Waals surface area contributed by atoms with Crippen LogP contribution in [0.3, 0.4) is 0 Å². The van der Waals surface area contributed by atoms with Crippen LogP contribution in [0.4, 0.5) is 10.1 Å². The molecule has 5 atom stereocenters. The van der Waals surface area contributed by atoms with Gasteiger partial charge >= 0.3 is 0 Å². The number of amides is 2. The number of halogens is 3. The number of ether oxygens (including phenoxy) is 1. The highest BCUT2D eigenvalue weighted by Gasteiger charge is 2.73. The highest BCUT2D eigenvalue weighted by molar-refractivity contribution is 6.31. The molecule has 3 N–H and O–H groups in total. The van der Waals surface area contributed by atoms with Crippen molar-refractivity contribution in [3.05, 3.63) is 69.4 Å². The van der Waals surface area contributed by atoms with E-state index in [4.69, 9.17) is 32.4 Å². The van der Waals surface area contributed by atoms with E-state index in [2.05, 4.69) is 45.0 Å². The largest absolute Gasteiger partial charge is 0.423 e. The maximum Gasteiger partial charge on any atom is 0.245 e. The third-order valence-electron chi connectivity index (χ3n) is 10.4. The van der Waals surface area contributed by atoms with Crippen molar-refractivity contribution >= 4 is 40.7 Å². The zero-order valence-electron chi connectivity index (χ0n) is 25.3. The van der Waals surface area contributed by atoms with Gasteiger partial charge in [-0.3, -0.25) is 14.9 Å². The van der Waals surface area contributed by atoms with Gasteiger partial charge in [0.25, 0.3) is 0 Å². The minimum absolute atomic E-state index is 0.0416. The van der Waals surface area contributed by atoms with E-state index in [0.29, 0.717) is 53.7 Å². The number of benzene rings is 1. The Kier molecular flexibility index (Phi) is 7.46. The molecule has 3 fully saturated rings. The summed E-state index contributed by atoms with van der Waals surface area (Å²) in [4.78, 5) is 32.9. The number of hydrogen-bond donors (Lipinski definition) is 3. The summed E-state index contributed by atoms with van der Waals surface area (Å²) in [5, 5.41) is 18.0. The second-order valence-corrected chi connectivity index (χ2v) is 14.4. The smallest absolute Gasteiger partial charge is 0.245 e. The van der Waals surface area contributed by atoms with Gasteiger partial charge < -0.3 is 19.8 Å². The molecule has 2 saturated heterocycles. The molecule has 3 aromatic rings. The SMILES string of the molecule is Cc1nnc([C@@H]2CC[C@@H](NC(=O)[C@@H]3NC4(CCC(C)(C)CC4)[C@@]4(C(=O)Nc5cc(Cl)ccc54)[C@H]3c3ccnc(Cl)c3F)CO2)o1. The van der Waals surface area contributed by atoms with E-state index < -0.39 is 28.7 Å². The van der Waals surface area contributed by atoms with Crippen molar-refractivity contribution in [2.45, 2.75) is 94.4 Å². The minimum Gasteiger partial charge on any atom is -0.423 e. The zero-order chi connectivity index (χ0) is 31.7. The van der Waals surface area contributed by atoms with Gasteiger partial charge in [0.15, 0.2) is 11.0 Å². The molecule has 1 saturated carbocycles. The van der Waals surface area contributed by atoms with Gasteiger partial charge in [-0.2, -0.15) is 0 Å². The van der Waals surface area contributed by atoms with Gasteiger partial charge in [-0.05, 0) is 73.3 Å². The van der Waals surface area contributed by atoms with Gasteiger partial charge in [-0.25, -0.2) is 9.37 Å². The molecule has 1 aliphatic carbocycles. The molecule has 238 valence electrons. The van der Waals surface area contributed by atoms with E-state index in [9.17, 15) is 9.59 Å². The summed E-state index contributed by atoms with van der Waals surface area (Å²) >= 11 is 12.6. The number of nitrogens with zero attached hydrogens (tertiary/aromatic N) is 3. The van der Waals surface area contributed by atoms with E-state index in [1.165, 1.54) is 12.3 Å². The number of carbonyl (C=O) groups is 2. The Morgan fingerprint density at radius 1 is 1.11 bits per heavy atom. The lowest BCUT2D eigenvalue weighted by atomic mass is 9.53. The van der Waals surface area contributed by atoms with Gasteiger partial charge in [-0.1, -0.05) is 43.1 Å². The van der Waals surface area contributed by atoms with Crippen molar-refractivity contribution in [2.75, 3.05) is 11.9 Å². The van der Waals surface area contributed by atoms with Crippen molar-refractivity contribution in [3.63, 3.8) is 0 Å². The number of anilines is 1. The first kappa shape index (κ1) is 30.5. The molecule has 5 heterocycles. The Bertz CT molecular complexity index is 1660. The van der Waals surface area contributed by atoms with Gasteiger partial charge in [0.1, 0.15) is 11.5 Å². The molecular weight excluding hydrogens is 622 g/mol. The van der Waals surface area contributed by atoms with Crippen LogP contribution in [-0.2, 0) is 19.7 Å². The number of aryl methyl sites for hydroxylation is 1. The normalized spacial score (nSPS) is 30.0. The fourth-order valence-electron chi connectivity index (χ4n) is 8.12. The second kappa shape index (κ2) is 11.0. The summed E-state index contributed by atoms with van der Waals surface area (Å²) in [7, 11) is 0. The fraction of sp³-hybridized carbons (Fsp3) is 0.531. The number of hydrogen-bond acceptors (Lipinski definition) is 8. The lowest BCUT2D eigenvalue weighted by molar-refractivity contribution is -0.126. The standard InChI is InChI=1S/C32H35Cl2FN6O4/c1-16-40-41-28(45-16)22-7-5-18(15-44-22)37-27(42)25-23(19-8-13-36-26(34)24(19)35)32(31(39-25)11-9-30(2,3)10-12-31)20-6-4-17(33)14-21(20)38-29(32)43/h4,6,8,13-14,18,22-23,25,39H,5,7,9-12,15H2,1-3H3,(H,37,42)(H,38,43)/t18-,22+,23+,25-,32-/m1/s1. The third-order valence-corrected chi connectivity index (χ3v) is 10.9. The molecule has 45 heavy (non-hydrogen) atoms.